The number of rotatable bonds is 8. The third kappa shape index (κ3) is 6.26. The molecule has 2 aromatic heterocycles. The van der Waals surface area contributed by atoms with Crippen LogP contribution < -0.4 is 20.1 Å². The summed E-state index contributed by atoms with van der Waals surface area (Å²) in [4.78, 5) is 35.2. The van der Waals surface area contributed by atoms with Gasteiger partial charge in [-0.3, -0.25) is 9.59 Å². The number of pyridine rings is 1. The molecule has 0 spiro atoms. The van der Waals surface area contributed by atoms with Gasteiger partial charge in [0.05, 0.1) is 34.8 Å². The molecule has 0 saturated carbocycles. The highest BCUT2D eigenvalue weighted by Crippen LogP contribution is 2.36. The van der Waals surface area contributed by atoms with Crippen molar-refractivity contribution in [3.63, 3.8) is 0 Å². The largest absolute Gasteiger partial charge is 0.493 e. The van der Waals surface area contributed by atoms with Gasteiger partial charge in [-0.15, -0.1) is 0 Å². The van der Waals surface area contributed by atoms with Crippen LogP contribution in [0.3, 0.4) is 0 Å². The molecule has 3 heterocycles. The number of fused-ring (bicyclic) bond motifs is 1. The lowest BCUT2D eigenvalue weighted by Gasteiger charge is -2.17. The molecule has 1 atom stereocenters. The summed E-state index contributed by atoms with van der Waals surface area (Å²) in [6.45, 7) is 2.02. The summed E-state index contributed by atoms with van der Waals surface area (Å²) in [6.07, 6.45) is 0.950. The third-order valence-electron chi connectivity index (χ3n) is 5.82. The second-order valence-corrected chi connectivity index (χ2v) is 9.44. The summed E-state index contributed by atoms with van der Waals surface area (Å²) >= 11 is 12.8. The number of hydrogen-bond donors (Lipinski definition) is 2. The van der Waals surface area contributed by atoms with Gasteiger partial charge in [-0.2, -0.15) is 10.2 Å². The topological polar surface area (TPSA) is 128 Å². The summed E-state index contributed by atoms with van der Waals surface area (Å²) in [5.41, 5.74) is 1.82. The van der Waals surface area contributed by atoms with Gasteiger partial charge in [0.2, 0.25) is 12.0 Å². The van der Waals surface area contributed by atoms with Crippen LogP contribution in [-0.4, -0.2) is 45.5 Å². The number of nitrogens with one attached hydrogen (secondary N) is 2. The molecule has 0 aliphatic carbocycles. The van der Waals surface area contributed by atoms with Crippen molar-refractivity contribution in [1.29, 1.82) is 0 Å². The summed E-state index contributed by atoms with van der Waals surface area (Å²) in [5, 5.41) is 13.6. The lowest BCUT2D eigenvalue weighted by atomic mass is 9.99. The van der Waals surface area contributed by atoms with E-state index in [0.29, 0.717) is 39.9 Å². The Hall–Kier alpha value is -4.61. The zero-order chi connectivity index (χ0) is 28.9. The average molecular weight is 595 g/mol. The number of benzodiazepines with no additional fused rings is 1. The van der Waals surface area contributed by atoms with E-state index in [0.717, 1.165) is 12.3 Å². The number of aromatic nitrogens is 3. The van der Waals surface area contributed by atoms with Crippen molar-refractivity contribution in [2.24, 2.45) is 4.99 Å². The average Bonchev–Trinajstić information content (AvgIpc) is 3.08. The van der Waals surface area contributed by atoms with Gasteiger partial charge >= 0.3 is 0 Å². The SMILES string of the molecule is CCOc1cc(Cl)cc(Cl)c1C1=NC(NC(=O)c2cc(F)cnc2OCc2cccnn2)C(=O)Nc2ccccc21. The molecule has 208 valence electrons. The number of halogens is 3. The number of ether oxygens (including phenoxy) is 2. The molecule has 1 aliphatic rings. The van der Waals surface area contributed by atoms with Gasteiger partial charge in [-0.25, -0.2) is 14.4 Å². The smallest absolute Gasteiger partial charge is 0.269 e. The number of hydrogen-bond acceptors (Lipinski definition) is 8. The summed E-state index contributed by atoms with van der Waals surface area (Å²) < 4.78 is 25.6. The Morgan fingerprint density at radius 3 is 2.73 bits per heavy atom. The fraction of sp³-hybridized carbons (Fsp3) is 0.143. The van der Waals surface area contributed by atoms with E-state index in [9.17, 15) is 14.0 Å². The highest BCUT2D eigenvalue weighted by molar-refractivity contribution is 6.39. The highest BCUT2D eigenvalue weighted by Gasteiger charge is 2.31. The van der Waals surface area contributed by atoms with Crippen LogP contribution in [0, 0.1) is 5.82 Å². The molecule has 13 heteroatoms. The van der Waals surface area contributed by atoms with Crippen molar-refractivity contribution in [1.82, 2.24) is 20.5 Å². The molecule has 1 unspecified atom stereocenters. The van der Waals surface area contributed by atoms with E-state index >= 15 is 0 Å². The van der Waals surface area contributed by atoms with Crippen LogP contribution in [0.25, 0.3) is 0 Å². The molecule has 0 saturated heterocycles. The van der Waals surface area contributed by atoms with Gasteiger partial charge in [0.25, 0.3) is 11.8 Å². The molecular formula is C28H21Cl2FN6O4. The van der Waals surface area contributed by atoms with Crippen molar-refractivity contribution >= 4 is 46.4 Å². The molecule has 10 nitrogen and oxygen atoms in total. The van der Waals surface area contributed by atoms with Crippen molar-refractivity contribution in [3.05, 3.63) is 105 Å². The first kappa shape index (κ1) is 27.9. The minimum absolute atomic E-state index is 0.0798. The predicted octanol–water partition coefficient (Wildman–Crippen LogP) is 4.84. The van der Waals surface area contributed by atoms with E-state index in [1.807, 2.05) is 0 Å². The quantitative estimate of drug-likeness (QED) is 0.299. The number of carbonyl (C=O) groups is 2. The summed E-state index contributed by atoms with van der Waals surface area (Å²) in [6, 6.07) is 14.3. The first-order chi connectivity index (χ1) is 19.8. The van der Waals surface area contributed by atoms with Crippen LogP contribution in [0.5, 0.6) is 11.6 Å². The van der Waals surface area contributed by atoms with Gasteiger partial charge in [-0.05, 0) is 43.3 Å². The van der Waals surface area contributed by atoms with Crippen LogP contribution in [0.4, 0.5) is 10.1 Å². The van der Waals surface area contributed by atoms with Crippen LogP contribution in [0.15, 0.2) is 72.0 Å². The number of benzene rings is 2. The summed E-state index contributed by atoms with van der Waals surface area (Å²) in [7, 11) is 0. The molecule has 4 aromatic rings. The normalized spacial score (nSPS) is 14.3. The van der Waals surface area contributed by atoms with Gasteiger partial charge in [-0.1, -0.05) is 41.4 Å². The van der Waals surface area contributed by atoms with Crippen molar-refractivity contribution in [3.8, 4) is 11.6 Å². The Morgan fingerprint density at radius 1 is 1.12 bits per heavy atom. The van der Waals surface area contributed by atoms with E-state index in [1.54, 1.807) is 49.4 Å². The molecule has 41 heavy (non-hydrogen) atoms. The van der Waals surface area contributed by atoms with E-state index < -0.39 is 23.8 Å². The van der Waals surface area contributed by atoms with Gasteiger partial charge in [0.1, 0.15) is 29.4 Å². The molecule has 0 radical (unpaired) electrons. The maximum Gasteiger partial charge on any atom is 0.269 e. The second-order valence-electron chi connectivity index (χ2n) is 8.59. The summed E-state index contributed by atoms with van der Waals surface area (Å²) in [5.74, 6) is -2.11. The molecule has 2 aromatic carbocycles. The molecule has 5 rings (SSSR count). The Morgan fingerprint density at radius 2 is 1.95 bits per heavy atom. The number of para-hydroxylation sites is 1. The lowest BCUT2D eigenvalue weighted by Crippen LogP contribution is -2.42. The predicted molar refractivity (Wildman–Crippen MR) is 150 cm³/mol. The van der Waals surface area contributed by atoms with Crippen LogP contribution in [0.2, 0.25) is 10.0 Å². The first-order valence-corrected chi connectivity index (χ1v) is 13.1. The number of anilines is 1. The van der Waals surface area contributed by atoms with Crippen LogP contribution >= 0.6 is 23.2 Å². The van der Waals surface area contributed by atoms with E-state index in [4.69, 9.17) is 32.7 Å². The monoisotopic (exact) mass is 594 g/mol. The molecule has 0 bridgehead atoms. The number of amides is 2. The molecule has 2 N–H and O–H groups in total. The van der Waals surface area contributed by atoms with E-state index in [-0.39, 0.29) is 28.8 Å². The zero-order valence-electron chi connectivity index (χ0n) is 21.4. The maximum atomic E-state index is 14.2. The number of nitrogens with zero attached hydrogens (tertiary/aromatic N) is 4. The molecule has 1 aliphatic heterocycles. The Bertz CT molecular complexity index is 1650. The minimum atomic E-state index is -1.46. The minimum Gasteiger partial charge on any atom is -0.493 e. The Kier molecular flexibility index (Phi) is 8.37. The maximum absolute atomic E-state index is 14.2. The highest BCUT2D eigenvalue weighted by atomic mass is 35.5. The van der Waals surface area contributed by atoms with Gasteiger partial charge < -0.3 is 20.1 Å². The first-order valence-electron chi connectivity index (χ1n) is 12.3. The van der Waals surface area contributed by atoms with Crippen LogP contribution in [-0.2, 0) is 11.4 Å². The van der Waals surface area contributed by atoms with Crippen LogP contribution in [0.1, 0.15) is 34.1 Å². The molecular weight excluding hydrogens is 574 g/mol. The third-order valence-corrected chi connectivity index (χ3v) is 6.33. The molecule has 0 fully saturated rings. The number of carbonyl (C=O) groups excluding carboxylic acids is 2. The lowest BCUT2D eigenvalue weighted by molar-refractivity contribution is -0.117. The Balaban J connectivity index is 1.53. The van der Waals surface area contributed by atoms with E-state index in [1.165, 1.54) is 12.3 Å². The van der Waals surface area contributed by atoms with Crippen molar-refractivity contribution in [2.75, 3.05) is 11.9 Å². The standard InChI is InChI=1S/C28H21Cl2FN6O4/c1-2-40-22-11-15(29)10-20(30)23(22)24-18-7-3-4-8-21(18)34-27(39)25(35-24)36-26(38)19-12-16(31)13-32-28(19)41-14-17-6-5-9-33-37-17/h3-13,25H,2,14H2,1H3,(H,34,39)(H,36,38). The molecule has 2 amide bonds. The van der Waals surface area contributed by atoms with E-state index in [2.05, 4.69) is 30.8 Å². The van der Waals surface area contributed by atoms with Crippen molar-refractivity contribution in [2.45, 2.75) is 19.7 Å². The number of aliphatic imine (C=N–C) groups is 1. The van der Waals surface area contributed by atoms with Gasteiger partial charge in [0.15, 0.2) is 0 Å². The second kappa shape index (κ2) is 12.3. The fourth-order valence-electron chi connectivity index (χ4n) is 4.06. The van der Waals surface area contributed by atoms with Gasteiger partial charge in [0, 0.05) is 16.8 Å². The fourth-order valence-corrected chi connectivity index (χ4v) is 4.63. The van der Waals surface area contributed by atoms with Crippen molar-refractivity contribution < 1.29 is 23.5 Å². The zero-order valence-corrected chi connectivity index (χ0v) is 22.9. The Labute approximate surface area is 243 Å².